The first-order chi connectivity index (χ1) is 6.71. The van der Waals surface area contributed by atoms with Crippen LogP contribution in [0.1, 0.15) is 20.8 Å². The predicted octanol–water partition coefficient (Wildman–Crippen LogP) is 0.990. The molecule has 1 N–H and O–H groups in total. The van der Waals surface area contributed by atoms with Gasteiger partial charge in [0.2, 0.25) is 0 Å². The van der Waals surface area contributed by atoms with Crippen molar-refractivity contribution in [3.63, 3.8) is 0 Å². The van der Waals surface area contributed by atoms with E-state index in [1.807, 2.05) is 37.6 Å². The fourth-order valence-electron chi connectivity index (χ4n) is 1.33. The molecule has 14 heavy (non-hydrogen) atoms. The quantitative estimate of drug-likeness (QED) is 0.695. The third-order valence-corrected chi connectivity index (χ3v) is 2.32. The van der Waals surface area contributed by atoms with Crippen LogP contribution in [-0.4, -0.2) is 55.6 Å². The van der Waals surface area contributed by atoms with Crippen molar-refractivity contribution in [3.05, 3.63) is 0 Å². The highest BCUT2D eigenvalue weighted by Gasteiger charge is 2.15. The molecule has 4 nitrogen and oxygen atoms in total. The lowest BCUT2D eigenvalue weighted by atomic mass is 10.4. The van der Waals surface area contributed by atoms with Crippen LogP contribution in [0.15, 0.2) is 0 Å². The molecule has 0 aliphatic rings. The highest BCUT2D eigenvalue weighted by atomic mass is 16.2. The van der Waals surface area contributed by atoms with Gasteiger partial charge in [-0.15, -0.1) is 0 Å². The summed E-state index contributed by atoms with van der Waals surface area (Å²) in [6, 6.07) is 0.146. The second-order valence-electron chi connectivity index (χ2n) is 3.14. The SMILES string of the molecule is CCN(CC)C(=O)N(CC)CCNC. The average Bonchev–Trinajstić information content (AvgIpc) is 2.21. The Morgan fingerprint density at radius 2 is 1.57 bits per heavy atom. The molecule has 0 rings (SSSR count). The molecule has 0 unspecified atom stereocenters. The van der Waals surface area contributed by atoms with Crippen LogP contribution in [-0.2, 0) is 0 Å². The van der Waals surface area contributed by atoms with Crippen molar-refractivity contribution >= 4 is 6.03 Å². The molecule has 0 spiro atoms. The van der Waals surface area contributed by atoms with Gasteiger partial charge in [0.25, 0.3) is 0 Å². The van der Waals surface area contributed by atoms with Crippen molar-refractivity contribution in [1.82, 2.24) is 15.1 Å². The fourth-order valence-corrected chi connectivity index (χ4v) is 1.33. The maximum atomic E-state index is 11.9. The normalized spacial score (nSPS) is 10.0. The van der Waals surface area contributed by atoms with Crippen LogP contribution < -0.4 is 5.32 Å². The predicted molar refractivity (Wildman–Crippen MR) is 59.5 cm³/mol. The van der Waals surface area contributed by atoms with Gasteiger partial charge in [-0.3, -0.25) is 0 Å². The Hall–Kier alpha value is -0.770. The summed E-state index contributed by atoms with van der Waals surface area (Å²) in [7, 11) is 1.90. The van der Waals surface area contributed by atoms with Gasteiger partial charge in [0.1, 0.15) is 0 Å². The standard InChI is InChI=1S/C10H23N3O/c1-5-12(6-2)10(14)13(7-3)9-8-11-4/h11H,5-9H2,1-4H3. The summed E-state index contributed by atoms with van der Waals surface area (Å²) in [5.41, 5.74) is 0. The van der Waals surface area contributed by atoms with E-state index in [0.29, 0.717) is 0 Å². The van der Waals surface area contributed by atoms with E-state index in [1.54, 1.807) is 0 Å². The first kappa shape index (κ1) is 13.2. The largest absolute Gasteiger partial charge is 0.325 e. The summed E-state index contributed by atoms with van der Waals surface area (Å²) in [5.74, 6) is 0. The highest BCUT2D eigenvalue weighted by molar-refractivity contribution is 5.74. The first-order valence-electron chi connectivity index (χ1n) is 5.39. The lowest BCUT2D eigenvalue weighted by Crippen LogP contribution is -2.45. The Morgan fingerprint density at radius 1 is 1.07 bits per heavy atom. The zero-order chi connectivity index (χ0) is 11.0. The highest BCUT2D eigenvalue weighted by Crippen LogP contribution is 1.98. The molecule has 0 fully saturated rings. The van der Waals surface area contributed by atoms with Gasteiger partial charge in [-0.05, 0) is 27.8 Å². The van der Waals surface area contributed by atoms with Gasteiger partial charge in [-0.25, -0.2) is 4.79 Å². The van der Waals surface area contributed by atoms with E-state index in [2.05, 4.69) is 5.32 Å². The molecule has 0 heterocycles. The Balaban J connectivity index is 4.13. The summed E-state index contributed by atoms with van der Waals surface area (Å²) in [4.78, 5) is 15.6. The zero-order valence-corrected chi connectivity index (χ0v) is 9.84. The van der Waals surface area contributed by atoms with E-state index in [4.69, 9.17) is 0 Å². The molecular formula is C10H23N3O. The Bertz CT molecular complexity index is 157. The number of urea groups is 1. The van der Waals surface area contributed by atoms with Gasteiger partial charge < -0.3 is 15.1 Å². The summed E-state index contributed by atoms with van der Waals surface area (Å²) in [5, 5.41) is 3.05. The fraction of sp³-hybridized carbons (Fsp3) is 0.900. The van der Waals surface area contributed by atoms with Crippen LogP contribution in [0.3, 0.4) is 0 Å². The number of hydrogen-bond donors (Lipinski definition) is 1. The third-order valence-electron chi connectivity index (χ3n) is 2.32. The molecule has 0 bridgehead atoms. The van der Waals surface area contributed by atoms with Crippen molar-refractivity contribution in [2.75, 3.05) is 39.8 Å². The maximum absolute atomic E-state index is 11.9. The zero-order valence-electron chi connectivity index (χ0n) is 9.84. The van der Waals surface area contributed by atoms with Gasteiger partial charge in [-0.2, -0.15) is 0 Å². The number of hydrogen-bond acceptors (Lipinski definition) is 2. The van der Waals surface area contributed by atoms with E-state index in [9.17, 15) is 4.79 Å². The lowest BCUT2D eigenvalue weighted by Gasteiger charge is -2.28. The minimum absolute atomic E-state index is 0.146. The molecule has 0 saturated heterocycles. The van der Waals surface area contributed by atoms with Crippen LogP contribution in [0, 0.1) is 0 Å². The number of carbonyl (C=O) groups excluding carboxylic acids is 1. The van der Waals surface area contributed by atoms with Crippen LogP contribution in [0.4, 0.5) is 4.79 Å². The maximum Gasteiger partial charge on any atom is 0.320 e. The molecule has 0 aromatic rings. The first-order valence-corrected chi connectivity index (χ1v) is 5.39. The topological polar surface area (TPSA) is 35.6 Å². The van der Waals surface area contributed by atoms with Gasteiger partial charge in [0.05, 0.1) is 0 Å². The minimum atomic E-state index is 0.146. The van der Waals surface area contributed by atoms with Gasteiger partial charge in [0, 0.05) is 32.7 Å². The molecule has 0 radical (unpaired) electrons. The van der Waals surface area contributed by atoms with Gasteiger partial charge >= 0.3 is 6.03 Å². The molecule has 0 aliphatic heterocycles. The second kappa shape index (κ2) is 7.62. The van der Waals surface area contributed by atoms with Gasteiger partial charge in [-0.1, -0.05) is 0 Å². The van der Waals surface area contributed by atoms with Crippen LogP contribution >= 0.6 is 0 Å². The molecule has 84 valence electrons. The number of carbonyl (C=O) groups is 1. The van der Waals surface area contributed by atoms with E-state index < -0.39 is 0 Å². The number of likely N-dealkylation sites (N-methyl/N-ethyl adjacent to an activating group) is 2. The molecule has 2 amide bonds. The average molecular weight is 201 g/mol. The number of nitrogens with zero attached hydrogens (tertiary/aromatic N) is 2. The van der Waals surface area contributed by atoms with E-state index in [0.717, 1.165) is 32.7 Å². The van der Waals surface area contributed by atoms with E-state index in [-0.39, 0.29) is 6.03 Å². The lowest BCUT2D eigenvalue weighted by molar-refractivity contribution is 0.160. The Labute approximate surface area is 87.3 Å². The Kier molecular flexibility index (Phi) is 7.20. The molecule has 0 aromatic heterocycles. The minimum Gasteiger partial charge on any atom is -0.325 e. The number of rotatable bonds is 6. The molecule has 0 saturated carbocycles. The summed E-state index contributed by atoms with van der Waals surface area (Å²) < 4.78 is 0. The smallest absolute Gasteiger partial charge is 0.320 e. The summed E-state index contributed by atoms with van der Waals surface area (Å²) >= 11 is 0. The van der Waals surface area contributed by atoms with Crippen molar-refractivity contribution in [2.24, 2.45) is 0 Å². The van der Waals surface area contributed by atoms with Crippen LogP contribution in [0.5, 0.6) is 0 Å². The van der Waals surface area contributed by atoms with E-state index >= 15 is 0 Å². The monoisotopic (exact) mass is 201 g/mol. The molecule has 4 heteroatoms. The summed E-state index contributed by atoms with van der Waals surface area (Å²) in [6.45, 7) is 9.99. The number of nitrogens with one attached hydrogen (secondary N) is 1. The van der Waals surface area contributed by atoms with Crippen molar-refractivity contribution in [3.8, 4) is 0 Å². The van der Waals surface area contributed by atoms with Crippen LogP contribution in [0.25, 0.3) is 0 Å². The van der Waals surface area contributed by atoms with Crippen molar-refractivity contribution < 1.29 is 4.79 Å². The van der Waals surface area contributed by atoms with Gasteiger partial charge in [0.15, 0.2) is 0 Å². The molecular weight excluding hydrogens is 178 g/mol. The molecule has 0 aliphatic carbocycles. The van der Waals surface area contributed by atoms with E-state index in [1.165, 1.54) is 0 Å². The number of amides is 2. The van der Waals surface area contributed by atoms with Crippen molar-refractivity contribution in [1.29, 1.82) is 0 Å². The molecule has 0 atom stereocenters. The third kappa shape index (κ3) is 3.96. The molecule has 0 aromatic carbocycles. The summed E-state index contributed by atoms with van der Waals surface area (Å²) in [6.07, 6.45) is 0. The van der Waals surface area contributed by atoms with Crippen molar-refractivity contribution in [2.45, 2.75) is 20.8 Å². The van der Waals surface area contributed by atoms with Crippen LogP contribution in [0.2, 0.25) is 0 Å². The Morgan fingerprint density at radius 3 is 1.93 bits per heavy atom. The second-order valence-corrected chi connectivity index (χ2v) is 3.14.